The zero-order valence-corrected chi connectivity index (χ0v) is 39.2. The topological polar surface area (TPSA) is 201 Å². The van der Waals surface area contributed by atoms with Gasteiger partial charge in [0.1, 0.15) is 29.8 Å². The molecule has 1 heterocycles. The zero-order valence-electron chi connectivity index (χ0n) is 39.2. The van der Waals surface area contributed by atoms with Crippen molar-refractivity contribution in [3.63, 3.8) is 0 Å². The molecule has 4 aliphatic carbocycles. The summed E-state index contributed by atoms with van der Waals surface area (Å²) in [4.78, 5) is 84.4. The fourth-order valence-electron chi connectivity index (χ4n) is 11.6. The van der Waals surface area contributed by atoms with E-state index in [-0.39, 0.29) is 36.5 Å². The first-order valence-corrected chi connectivity index (χ1v) is 22.4. The zero-order chi connectivity index (χ0) is 48.1. The summed E-state index contributed by atoms with van der Waals surface area (Å²) in [6.07, 6.45) is -3.30. The molecule has 5 aliphatic rings. The molecule has 352 valence electrons. The van der Waals surface area contributed by atoms with Crippen molar-refractivity contribution in [3.8, 4) is 0 Å². The number of esters is 4. The lowest BCUT2D eigenvalue weighted by Crippen LogP contribution is -2.82. The number of carbonyl (C=O) groups excluding carboxylic acids is 6. The number of Topliss-reactive ketones (excluding diaryl/α,β-unsaturated/α-hetero) is 1. The second kappa shape index (κ2) is 17.9. The monoisotopic (exact) mass is 899 g/mol. The molecule has 7 rings (SSSR count). The highest BCUT2D eigenvalue weighted by atomic mass is 16.6. The number of carbonyl (C=O) groups is 6. The van der Waals surface area contributed by atoms with Gasteiger partial charge in [-0.05, 0) is 66.9 Å². The average Bonchev–Trinajstić information content (AvgIpc) is 3.97. The Labute approximate surface area is 381 Å². The molecule has 14 nitrogen and oxygen atoms in total. The number of ketones is 1. The van der Waals surface area contributed by atoms with Crippen LogP contribution in [0.4, 0.5) is 0 Å². The molecule has 2 bridgehead atoms. The van der Waals surface area contributed by atoms with E-state index in [4.69, 9.17) is 23.7 Å². The van der Waals surface area contributed by atoms with E-state index in [0.717, 1.165) is 0 Å². The molecule has 1 spiro atoms. The van der Waals surface area contributed by atoms with E-state index < -0.39 is 118 Å². The summed E-state index contributed by atoms with van der Waals surface area (Å²) >= 11 is 0. The fourth-order valence-corrected chi connectivity index (χ4v) is 11.6. The molecule has 1 amide bonds. The maximum Gasteiger partial charge on any atom is 0.338 e. The molecular formula is C51H65NO13. The van der Waals surface area contributed by atoms with E-state index in [1.807, 2.05) is 27.7 Å². The molecule has 2 aromatic rings. The Morgan fingerprint density at radius 1 is 0.938 bits per heavy atom. The van der Waals surface area contributed by atoms with Crippen molar-refractivity contribution in [1.82, 2.24) is 5.32 Å². The van der Waals surface area contributed by atoms with Crippen LogP contribution in [-0.2, 0) is 47.7 Å². The standard InChI is InChI=1S/C48H59NO13.C3H6/c1-26-33(60-41(56)32(24-50)37(29-16-12-10-13-17-29)49-35(53)23-43(4,5)6)22-47(57)42(61-40(55)30-18-14-11-15-19-30)45(9)46(39(54)38(59-27(2)51)36(26)44(47,7)8)21-31(46)20-34-48(45,25-58-34)62-28(3)52;1-3-2/h10-19,31-34,37-38,42,50,57H,20-25H2,1-9H3,(H,49,53);3H,1H2,2H3/t31-,32-,33+,34-,37+,38-,42+,45+,46+,47-,48+;/m1./s1. The van der Waals surface area contributed by atoms with Crippen molar-refractivity contribution >= 4 is 35.6 Å². The van der Waals surface area contributed by atoms with Gasteiger partial charge in [-0.25, -0.2) is 4.79 Å². The van der Waals surface area contributed by atoms with Crippen molar-refractivity contribution in [3.05, 3.63) is 95.6 Å². The molecule has 1 aliphatic heterocycles. The number of amides is 1. The van der Waals surface area contributed by atoms with Gasteiger partial charge in [-0.2, -0.15) is 0 Å². The van der Waals surface area contributed by atoms with E-state index in [1.165, 1.54) is 13.8 Å². The van der Waals surface area contributed by atoms with Crippen LogP contribution in [0.3, 0.4) is 0 Å². The molecule has 3 saturated carbocycles. The number of allylic oxidation sites excluding steroid dienone is 1. The summed E-state index contributed by atoms with van der Waals surface area (Å²) in [5.74, 6) is -5.83. The summed E-state index contributed by atoms with van der Waals surface area (Å²) in [5, 5.41) is 27.7. The Morgan fingerprint density at radius 2 is 1.54 bits per heavy atom. The molecule has 0 aromatic heterocycles. The Kier molecular flexibility index (Phi) is 13.6. The number of hydrogen-bond acceptors (Lipinski definition) is 13. The predicted molar refractivity (Wildman–Crippen MR) is 237 cm³/mol. The molecular weight excluding hydrogens is 835 g/mol. The van der Waals surface area contributed by atoms with Gasteiger partial charge >= 0.3 is 23.9 Å². The molecule has 4 fully saturated rings. The number of ether oxygens (including phenoxy) is 5. The van der Waals surface area contributed by atoms with Crippen LogP contribution in [0.25, 0.3) is 0 Å². The minimum atomic E-state index is -2.25. The van der Waals surface area contributed by atoms with E-state index in [1.54, 1.807) is 94.4 Å². The Morgan fingerprint density at radius 3 is 2.06 bits per heavy atom. The molecule has 2 aromatic carbocycles. The highest BCUT2D eigenvalue weighted by Crippen LogP contribution is 2.80. The smallest absolute Gasteiger partial charge is 0.338 e. The van der Waals surface area contributed by atoms with Gasteiger partial charge in [-0.3, -0.25) is 24.0 Å². The second-order valence-electron chi connectivity index (χ2n) is 20.3. The number of hydrogen-bond donors (Lipinski definition) is 3. The van der Waals surface area contributed by atoms with Crippen LogP contribution in [-0.4, -0.2) is 94.6 Å². The van der Waals surface area contributed by atoms with Crippen LogP contribution in [0.15, 0.2) is 84.5 Å². The predicted octanol–water partition coefficient (Wildman–Crippen LogP) is 6.33. The average molecular weight is 900 g/mol. The minimum absolute atomic E-state index is 0.121. The molecule has 0 unspecified atom stereocenters. The second-order valence-corrected chi connectivity index (χ2v) is 20.3. The molecule has 1 saturated heterocycles. The van der Waals surface area contributed by atoms with Crippen molar-refractivity contribution in [1.29, 1.82) is 0 Å². The fraction of sp³-hybridized carbons (Fsp3) is 0.569. The summed E-state index contributed by atoms with van der Waals surface area (Å²) in [6.45, 7) is 19.1. The number of aliphatic hydroxyl groups excluding tert-OH is 1. The van der Waals surface area contributed by atoms with E-state index >= 15 is 4.79 Å². The first-order valence-electron chi connectivity index (χ1n) is 22.4. The van der Waals surface area contributed by atoms with Gasteiger partial charge in [0, 0.05) is 37.5 Å². The quantitative estimate of drug-likeness (QED) is 0.129. The summed E-state index contributed by atoms with van der Waals surface area (Å²) in [5.41, 5.74) is -7.78. The van der Waals surface area contributed by atoms with Crippen LogP contribution in [0.2, 0.25) is 0 Å². The molecule has 0 radical (unpaired) electrons. The van der Waals surface area contributed by atoms with Gasteiger partial charge in [0.2, 0.25) is 5.91 Å². The van der Waals surface area contributed by atoms with Crippen LogP contribution >= 0.6 is 0 Å². The summed E-state index contributed by atoms with van der Waals surface area (Å²) in [7, 11) is 0. The van der Waals surface area contributed by atoms with Gasteiger partial charge < -0.3 is 39.2 Å². The molecule has 11 atom stereocenters. The lowest BCUT2D eigenvalue weighted by atomic mass is 9.42. The van der Waals surface area contributed by atoms with Crippen molar-refractivity contribution in [2.24, 2.45) is 33.5 Å². The highest BCUT2D eigenvalue weighted by Gasteiger charge is 2.89. The van der Waals surface area contributed by atoms with Crippen molar-refractivity contribution in [2.75, 3.05) is 13.2 Å². The van der Waals surface area contributed by atoms with E-state index in [2.05, 4.69) is 11.9 Å². The van der Waals surface area contributed by atoms with Crippen molar-refractivity contribution in [2.45, 2.75) is 137 Å². The first kappa shape index (κ1) is 49.3. The molecule has 65 heavy (non-hydrogen) atoms. The SMILES string of the molecule is C=CC.CC(=O)O[C@H]1C(=O)[C@]23C[C@H]2C[C@H]2OC[C@@]2(OC(C)=O)[C@@]3(C)[C@H](OC(=O)c2ccccc2)[C@]2(O)C[C@H](OC(=O)[C@H](CO)[C@@H](NC(=O)CC(C)(C)C)c3ccccc3)C(C)=C1C2(C)C. The van der Waals surface area contributed by atoms with Gasteiger partial charge in [-0.1, -0.05) is 96.1 Å². The maximum absolute atomic E-state index is 15.7. The Bertz CT molecular complexity index is 2230. The van der Waals surface area contributed by atoms with Crippen LogP contribution in [0.5, 0.6) is 0 Å². The number of benzene rings is 2. The number of aliphatic hydroxyl groups is 2. The lowest BCUT2D eigenvalue weighted by molar-refractivity contribution is -0.356. The van der Waals surface area contributed by atoms with Crippen LogP contribution in [0, 0.1) is 33.5 Å². The number of nitrogens with one attached hydrogen (secondary N) is 1. The van der Waals surface area contributed by atoms with Gasteiger partial charge in [-0.15, -0.1) is 6.58 Å². The lowest BCUT2D eigenvalue weighted by Gasteiger charge is -2.69. The van der Waals surface area contributed by atoms with Crippen LogP contribution < -0.4 is 5.32 Å². The summed E-state index contributed by atoms with van der Waals surface area (Å²) < 4.78 is 31.3. The molecule has 3 N–H and O–H groups in total. The third-order valence-corrected chi connectivity index (χ3v) is 14.7. The Hall–Kier alpha value is -5.18. The minimum Gasteiger partial charge on any atom is -0.457 e. The maximum atomic E-state index is 15.7. The largest absolute Gasteiger partial charge is 0.457 e. The molecule has 14 heteroatoms. The van der Waals surface area contributed by atoms with E-state index in [9.17, 15) is 34.2 Å². The third kappa shape index (κ3) is 8.24. The number of fused-ring (bicyclic) bond motifs is 4. The summed E-state index contributed by atoms with van der Waals surface area (Å²) in [6, 6.07) is 15.8. The normalized spacial score (nSPS) is 32.6. The van der Waals surface area contributed by atoms with E-state index in [0.29, 0.717) is 17.6 Å². The highest BCUT2D eigenvalue weighted by molar-refractivity contribution is 5.98. The van der Waals surface area contributed by atoms with Gasteiger partial charge in [0.25, 0.3) is 0 Å². The van der Waals surface area contributed by atoms with Crippen molar-refractivity contribution < 1.29 is 62.7 Å². The van der Waals surface area contributed by atoms with Gasteiger partial charge in [0.05, 0.1) is 30.2 Å². The van der Waals surface area contributed by atoms with Crippen LogP contribution in [0.1, 0.15) is 117 Å². The first-order chi connectivity index (χ1) is 30.4. The Balaban J connectivity index is 0.00000227. The van der Waals surface area contributed by atoms with Gasteiger partial charge in [0.15, 0.2) is 17.5 Å². The number of rotatable bonds is 11. The third-order valence-electron chi connectivity index (χ3n) is 14.7.